The van der Waals surface area contributed by atoms with Crippen LogP contribution >= 0.6 is 0 Å². The Hall–Kier alpha value is -0.900. The summed E-state index contributed by atoms with van der Waals surface area (Å²) < 4.78 is 4.70. The Morgan fingerprint density at radius 2 is 2.40 bits per heavy atom. The average Bonchev–Trinajstić information content (AvgIpc) is 1.88. The van der Waals surface area contributed by atoms with Crippen molar-refractivity contribution in [3.63, 3.8) is 0 Å². The fourth-order valence-corrected chi connectivity index (χ4v) is 0.836. The number of ketones is 1. The van der Waals surface area contributed by atoms with Gasteiger partial charge in [-0.3, -0.25) is 4.79 Å². The Balaban J connectivity index is 2.40. The number of ether oxygens (including phenoxy) is 1. The van der Waals surface area contributed by atoms with Crippen LogP contribution in [0.25, 0.3) is 0 Å². The maximum Gasteiger partial charge on any atom is 0.332 e. The molecule has 1 atom stereocenters. The summed E-state index contributed by atoms with van der Waals surface area (Å²) in [6.07, 6.45) is -0.122. The summed E-state index contributed by atoms with van der Waals surface area (Å²) in [5, 5.41) is 8.39. The summed E-state index contributed by atoms with van der Waals surface area (Å²) in [5.41, 5.74) is 0. The zero-order chi connectivity index (χ0) is 7.56. The first-order chi connectivity index (χ1) is 4.70. The molecule has 4 nitrogen and oxygen atoms in total. The minimum Gasteiger partial charge on any atom is -0.479 e. The number of rotatable bonds is 1. The van der Waals surface area contributed by atoms with Crippen LogP contribution in [0.2, 0.25) is 0 Å². The standard InChI is InChI=1S/C6H8O4/c7-4-1-2-5(6(8)9)10-3-4/h5H,1-3H2,(H,8,9). The maximum absolute atomic E-state index is 10.5. The molecule has 0 saturated carbocycles. The van der Waals surface area contributed by atoms with E-state index in [9.17, 15) is 9.59 Å². The molecule has 0 radical (unpaired) electrons. The Kier molecular flexibility index (Phi) is 2.01. The van der Waals surface area contributed by atoms with E-state index in [1.807, 2.05) is 0 Å². The summed E-state index contributed by atoms with van der Waals surface area (Å²) in [6.45, 7) is -0.0447. The molecule has 1 aliphatic rings. The van der Waals surface area contributed by atoms with Gasteiger partial charge in [-0.25, -0.2) is 4.79 Å². The Morgan fingerprint density at radius 3 is 2.80 bits per heavy atom. The molecular formula is C6H8O4. The Morgan fingerprint density at radius 1 is 1.70 bits per heavy atom. The first-order valence-corrected chi connectivity index (χ1v) is 3.06. The molecule has 1 unspecified atom stereocenters. The van der Waals surface area contributed by atoms with Crippen molar-refractivity contribution < 1.29 is 19.4 Å². The van der Waals surface area contributed by atoms with Crippen LogP contribution < -0.4 is 0 Å². The topological polar surface area (TPSA) is 63.6 Å². The lowest BCUT2D eigenvalue weighted by Gasteiger charge is -2.16. The largest absolute Gasteiger partial charge is 0.479 e. The van der Waals surface area contributed by atoms with E-state index in [2.05, 4.69) is 0 Å². The van der Waals surface area contributed by atoms with Gasteiger partial charge in [-0.15, -0.1) is 0 Å². The molecule has 1 heterocycles. The highest BCUT2D eigenvalue weighted by Gasteiger charge is 2.24. The van der Waals surface area contributed by atoms with Gasteiger partial charge in [0.1, 0.15) is 6.61 Å². The molecule has 0 spiro atoms. The number of hydrogen-bond acceptors (Lipinski definition) is 3. The van der Waals surface area contributed by atoms with Crippen molar-refractivity contribution in [1.82, 2.24) is 0 Å². The van der Waals surface area contributed by atoms with E-state index in [-0.39, 0.29) is 12.4 Å². The molecule has 1 N–H and O–H groups in total. The van der Waals surface area contributed by atoms with E-state index in [1.54, 1.807) is 0 Å². The molecule has 1 fully saturated rings. The van der Waals surface area contributed by atoms with Crippen molar-refractivity contribution >= 4 is 11.8 Å². The molecule has 1 aliphatic heterocycles. The van der Waals surface area contributed by atoms with Gasteiger partial charge in [0.25, 0.3) is 0 Å². The van der Waals surface area contributed by atoms with E-state index in [0.717, 1.165) is 0 Å². The lowest BCUT2D eigenvalue weighted by Crippen LogP contribution is -2.32. The van der Waals surface area contributed by atoms with Gasteiger partial charge in [-0.2, -0.15) is 0 Å². The number of carboxylic acid groups (broad SMARTS) is 1. The van der Waals surface area contributed by atoms with Crippen molar-refractivity contribution in [1.29, 1.82) is 0 Å². The number of Topliss-reactive ketones (excluding diaryl/α,β-unsaturated/α-hetero) is 1. The molecule has 0 aliphatic carbocycles. The highest BCUT2D eigenvalue weighted by molar-refractivity contribution is 5.82. The van der Waals surface area contributed by atoms with Crippen LogP contribution in [0.5, 0.6) is 0 Å². The van der Waals surface area contributed by atoms with Crippen molar-refractivity contribution in [2.24, 2.45) is 0 Å². The van der Waals surface area contributed by atoms with Gasteiger partial charge in [0.15, 0.2) is 11.9 Å². The molecular weight excluding hydrogens is 136 g/mol. The number of hydrogen-bond donors (Lipinski definition) is 1. The number of carbonyl (C=O) groups is 2. The monoisotopic (exact) mass is 144 g/mol. The summed E-state index contributed by atoms with van der Waals surface area (Å²) in [7, 11) is 0. The van der Waals surface area contributed by atoms with Crippen LogP contribution in [0.3, 0.4) is 0 Å². The fourth-order valence-electron chi connectivity index (χ4n) is 0.836. The third kappa shape index (κ3) is 1.54. The molecule has 4 heteroatoms. The first-order valence-electron chi connectivity index (χ1n) is 3.06. The van der Waals surface area contributed by atoms with E-state index in [1.165, 1.54) is 0 Å². The second-order valence-electron chi connectivity index (χ2n) is 2.22. The van der Waals surface area contributed by atoms with E-state index >= 15 is 0 Å². The Bertz CT molecular complexity index is 153. The molecule has 0 aromatic carbocycles. The molecule has 56 valence electrons. The summed E-state index contributed by atoms with van der Waals surface area (Å²) in [5.74, 6) is -0.995. The van der Waals surface area contributed by atoms with Crippen LogP contribution in [0.15, 0.2) is 0 Å². The van der Waals surface area contributed by atoms with Crippen LogP contribution in [0.4, 0.5) is 0 Å². The molecule has 1 rings (SSSR count). The number of carbonyl (C=O) groups excluding carboxylic acids is 1. The minimum atomic E-state index is -0.979. The van der Waals surface area contributed by atoms with Crippen LogP contribution in [-0.4, -0.2) is 29.6 Å². The second-order valence-corrected chi connectivity index (χ2v) is 2.22. The normalized spacial score (nSPS) is 26.4. The third-order valence-corrected chi connectivity index (χ3v) is 1.41. The molecule has 0 amide bonds. The lowest BCUT2D eigenvalue weighted by molar-refractivity contribution is -0.156. The zero-order valence-corrected chi connectivity index (χ0v) is 5.37. The van der Waals surface area contributed by atoms with Crippen molar-refractivity contribution in [2.45, 2.75) is 18.9 Å². The predicted octanol–water partition coefficient (Wildman–Crippen LogP) is -0.181. The van der Waals surface area contributed by atoms with Crippen molar-refractivity contribution in [3.8, 4) is 0 Å². The average molecular weight is 144 g/mol. The predicted molar refractivity (Wildman–Crippen MR) is 31.6 cm³/mol. The summed E-state index contributed by atoms with van der Waals surface area (Å²) in [6, 6.07) is 0. The molecule has 0 aromatic heterocycles. The number of carboxylic acids is 1. The fraction of sp³-hybridized carbons (Fsp3) is 0.667. The maximum atomic E-state index is 10.5. The van der Waals surface area contributed by atoms with Crippen LogP contribution in [0.1, 0.15) is 12.8 Å². The number of aliphatic carboxylic acids is 1. The molecule has 1 saturated heterocycles. The third-order valence-electron chi connectivity index (χ3n) is 1.41. The quantitative estimate of drug-likeness (QED) is 0.554. The minimum absolute atomic E-state index is 0.0162. The van der Waals surface area contributed by atoms with Gasteiger partial charge >= 0.3 is 5.97 Å². The second kappa shape index (κ2) is 2.79. The molecule has 0 aromatic rings. The highest BCUT2D eigenvalue weighted by Crippen LogP contribution is 2.09. The van der Waals surface area contributed by atoms with Crippen LogP contribution in [0, 0.1) is 0 Å². The zero-order valence-electron chi connectivity index (χ0n) is 5.37. The molecule has 0 bridgehead atoms. The van der Waals surface area contributed by atoms with E-state index in [0.29, 0.717) is 12.8 Å². The van der Waals surface area contributed by atoms with Crippen molar-refractivity contribution in [3.05, 3.63) is 0 Å². The smallest absolute Gasteiger partial charge is 0.332 e. The summed E-state index contributed by atoms with van der Waals surface area (Å²) >= 11 is 0. The van der Waals surface area contributed by atoms with E-state index in [4.69, 9.17) is 9.84 Å². The first kappa shape index (κ1) is 7.21. The van der Waals surface area contributed by atoms with Gasteiger partial charge < -0.3 is 9.84 Å². The van der Waals surface area contributed by atoms with Gasteiger partial charge in [0.05, 0.1) is 0 Å². The van der Waals surface area contributed by atoms with Gasteiger partial charge in [-0.1, -0.05) is 0 Å². The highest BCUT2D eigenvalue weighted by atomic mass is 16.5. The van der Waals surface area contributed by atoms with Gasteiger partial charge in [0.2, 0.25) is 0 Å². The SMILES string of the molecule is O=C1CCC(C(=O)O)OC1. The van der Waals surface area contributed by atoms with E-state index < -0.39 is 12.1 Å². The van der Waals surface area contributed by atoms with Gasteiger partial charge in [0, 0.05) is 6.42 Å². The van der Waals surface area contributed by atoms with Gasteiger partial charge in [-0.05, 0) is 6.42 Å². The molecule has 10 heavy (non-hydrogen) atoms. The summed E-state index contributed by atoms with van der Waals surface area (Å²) in [4.78, 5) is 20.7. The Labute approximate surface area is 57.8 Å². The van der Waals surface area contributed by atoms with Crippen LogP contribution in [-0.2, 0) is 14.3 Å². The van der Waals surface area contributed by atoms with Crippen molar-refractivity contribution in [2.75, 3.05) is 6.61 Å². The lowest BCUT2D eigenvalue weighted by atomic mass is 10.1.